The number of para-hydroxylation sites is 1. The van der Waals surface area contributed by atoms with Crippen LogP contribution in [0.4, 0.5) is 17.1 Å². The van der Waals surface area contributed by atoms with Crippen molar-refractivity contribution >= 4 is 40.2 Å². The van der Waals surface area contributed by atoms with E-state index in [1.165, 1.54) is 111 Å². The molecule has 3 fully saturated rings. The van der Waals surface area contributed by atoms with Crippen molar-refractivity contribution < 1.29 is 4.74 Å². The van der Waals surface area contributed by atoms with Gasteiger partial charge in [0.05, 0.1) is 0 Å². The zero-order chi connectivity index (χ0) is 31.2. The number of benzene rings is 4. The molecule has 48 heavy (non-hydrogen) atoms. The Morgan fingerprint density at radius 2 is 1.04 bits per heavy atom. The number of hydrogen-bond acceptors (Lipinski definition) is 2. The molecule has 3 heteroatoms. The van der Waals surface area contributed by atoms with E-state index in [9.17, 15) is 0 Å². The molecule has 0 N–H and O–H groups in total. The third-order valence-corrected chi connectivity index (χ3v) is 15.7. The minimum Gasteiger partial charge on any atom is -0.458 e. The Kier molecular flexibility index (Phi) is 4.75. The van der Waals surface area contributed by atoms with Crippen LogP contribution in [-0.2, 0) is 5.41 Å². The van der Waals surface area contributed by atoms with Crippen LogP contribution in [0.15, 0.2) is 48.5 Å². The van der Waals surface area contributed by atoms with Gasteiger partial charge in [0, 0.05) is 28.0 Å². The Morgan fingerprint density at radius 1 is 0.562 bits per heavy atom. The SMILES string of the molecule is CC1(C)c2c3c(cc4c2C2CCC4CC2)Oc2c4c(cc5c2C2CCC5CC2)N(c2ccccc2)c2cc5c(c1c2B43)C1CCC5CC1. The fourth-order valence-electron chi connectivity index (χ4n) is 13.9. The first kappa shape index (κ1) is 26.4. The minimum absolute atomic E-state index is 0.0513. The fraction of sp³-hybridized carbons (Fsp3) is 0.467. The molecule has 12 aliphatic rings. The Labute approximate surface area is 285 Å². The summed E-state index contributed by atoms with van der Waals surface area (Å²) in [5.41, 5.74) is 22.5. The minimum atomic E-state index is -0.0513. The zero-order valence-electron chi connectivity index (χ0n) is 28.5. The molecule has 4 aromatic carbocycles. The van der Waals surface area contributed by atoms with Gasteiger partial charge in [-0.25, -0.2) is 0 Å². The zero-order valence-corrected chi connectivity index (χ0v) is 28.5. The summed E-state index contributed by atoms with van der Waals surface area (Å²) in [6.45, 7) is 5.56. The van der Waals surface area contributed by atoms with Crippen molar-refractivity contribution in [3.05, 3.63) is 93.0 Å². The lowest BCUT2D eigenvalue weighted by Crippen LogP contribution is -2.67. The van der Waals surface area contributed by atoms with Gasteiger partial charge in [-0.1, -0.05) is 32.0 Å². The van der Waals surface area contributed by atoms with Gasteiger partial charge in [0.1, 0.15) is 11.5 Å². The summed E-state index contributed by atoms with van der Waals surface area (Å²) in [6, 6.07) is 19.4. The van der Waals surface area contributed by atoms with Gasteiger partial charge in [-0.05, 0) is 198 Å². The van der Waals surface area contributed by atoms with E-state index in [-0.39, 0.29) is 12.1 Å². The molecule has 0 radical (unpaired) electrons. The van der Waals surface area contributed by atoms with Crippen LogP contribution < -0.4 is 26.0 Å². The van der Waals surface area contributed by atoms with Crippen molar-refractivity contribution in [1.82, 2.24) is 0 Å². The molecule has 3 aliphatic heterocycles. The van der Waals surface area contributed by atoms with Gasteiger partial charge in [-0.3, -0.25) is 0 Å². The van der Waals surface area contributed by atoms with Gasteiger partial charge in [0.2, 0.25) is 0 Å². The van der Waals surface area contributed by atoms with E-state index in [1.807, 2.05) is 0 Å². The first-order valence-electron chi connectivity index (χ1n) is 19.7. The van der Waals surface area contributed by atoms with Gasteiger partial charge in [0.25, 0.3) is 6.71 Å². The molecule has 0 amide bonds. The topological polar surface area (TPSA) is 12.5 Å². The summed E-state index contributed by atoms with van der Waals surface area (Å²) in [5, 5.41) is 0. The van der Waals surface area contributed by atoms with E-state index < -0.39 is 0 Å². The first-order chi connectivity index (χ1) is 23.6. The molecule has 2 nitrogen and oxygen atoms in total. The van der Waals surface area contributed by atoms with Crippen LogP contribution in [-0.4, -0.2) is 6.71 Å². The van der Waals surface area contributed by atoms with Gasteiger partial charge in [0.15, 0.2) is 0 Å². The Morgan fingerprint density at radius 3 is 1.65 bits per heavy atom. The predicted molar refractivity (Wildman–Crippen MR) is 196 cm³/mol. The average molecular weight is 626 g/mol. The third kappa shape index (κ3) is 2.92. The monoisotopic (exact) mass is 625 g/mol. The summed E-state index contributed by atoms with van der Waals surface area (Å²) < 4.78 is 7.59. The van der Waals surface area contributed by atoms with E-state index in [1.54, 1.807) is 55.4 Å². The number of anilines is 3. The summed E-state index contributed by atoms with van der Waals surface area (Å²) >= 11 is 0. The van der Waals surface area contributed by atoms with Crippen molar-refractivity contribution in [3.63, 3.8) is 0 Å². The number of nitrogens with zero attached hydrogens (tertiary/aromatic N) is 1. The average Bonchev–Trinajstić information content (AvgIpc) is 3.14. The van der Waals surface area contributed by atoms with Gasteiger partial charge < -0.3 is 9.64 Å². The molecule has 4 aromatic rings. The van der Waals surface area contributed by atoms with Crippen LogP contribution in [0, 0.1) is 0 Å². The second-order valence-corrected chi connectivity index (χ2v) is 18.0. The Hall–Kier alpha value is -3.46. The van der Waals surface area contributed by atoms with Crippen LogP contribution >= 0.6 is 0 Å². The highest BCUT2D eigenvalue weighted by atomic mass is 16.5. The van der Waals surface area contributed by atoms with Crippen LogP contribution in [0.5, 0.6) is 11.5 Å². The maximum Gasteiger partial charge on any atom is 0.257 e. The van der Waals surface area contributed by atoms with E-state index in [0.717, 1.165) is 0 Å². The van der Waals surface area contributed by atoms with Gasteiger partial charge >= 0.3 is 0 Å². The fourth-order valence-corrected chi connectivity index (χ4v) is 13.9. The Balaban J connectivity index is 1.23. The number of hydrogen-bond donors (Lipinski definition) is 0. The third-order valence-electron chi connectivity index (χ3n) is 15.7. The molecule has 16 rings (SSSR count). The normalized spacial score (nSPS) is 30.8. The standard InChI is InChI=1S/C45H44BNO/c1-45(2)39-36-26-14-8-23(9-15-26)30(36)20-33-41(39)46-42-34(47(33)29-6-4-3-5-7-29)21-31-24-12-18-28(19-13-24)38(31)44(42)48-35-22-32-25-10-16-27(17-11-25)37(32)40(45)43(35)46/h3-7,20-28H,8-19H2,1-2H3. The van der Waals surface area contributed by atoms with Crippen LogP contribution in [0.3, 0.4) is 0 Å². The molecule has 3 saturated carbocycles. The predicted octanol–water partition coefficient (Wildman–Crippen LogP) is 10.00. The maximum absolute atomic E-state index is 7.59. The van der Waals surface area contributed by atoms with E-state index >= 15 is 0 Å². The van der Waals surface area contributed by atoms with Crippen LogP contribution in [0.2, 0.25) is 0 Å². The summed E-state index contributed by atoms with van der Waals surface area (Å²) in [4.78, 5) is 2.72. The largest absolute Gasteiger partial charge is 0.458 e. The van der Waals surface area contributed by atoms with Crippen molar-refractivity contribution in [3.8, 4) is 11.5 Å². The maximum atomic E-state index is 7.59. The van der Waals surface area contributed by atoms with Gasteiger partial charge in [-0.2, -0.15) is 0 Å². The van der Waals surface area contributed by atoms with Crippen LogP contribution in [0.1, 0.15) is 171 Å². The second-order valence-electron chi connectivity index (χ2n) is 18.0. The Bertz CT molecular complexity index is 2140. The molecule has 3 heterocycles. The van der Waals surface area contributed by atoms with Crippen molar-refractivity contribution in [2.24, 2.45) is 0 Å². The van der Waals surface area contributed by atoms with E-state index in [2.05, 4.69) is 67.3 Å². The molecular weight excluding hydrogens is 581 g/mol. The van der Waals surface area contributed by atoms with Crippen LogP contribution in [0.25, 0.3) is 0 Å². The molecule has 0 aromatic heterocycles. The summed E-state index contributed by atoms with van der Waals surface area (Å²) in [6.07, 6.45) is 16.3. The summed E-state index contributed by atoms with van der Waals surface area (Å²) in [5.74, 6) is 6.67. The lowest BCUT2D eigenvalue weighted by atomic mass is 9.28. The first-order valence-corrected chi connectivity index (χ1v) is 19.7. The molecule has 0 atom stereocenters. The smallest absolute Gasteiger partial charge is 0.257 e. The lowest BCUT2D eigenvalue weighted by molar-refractivity contribution is 0.341. The van der Waals surface area contributed by atoms with Crippen molar-refractivity contribution in [2.75, 3.05) is 4.90 Å². The second kappa shape index (κ2) is 8.63. The van der Waals surface area contributed by atoms with Crippen molar-refractivity contribution in [1.29, 1.82) is 0 Å². The molecule has 0 saturated heterocycles. The molecule has 0 unspecified atom stereocenters. The van der Waals surface area contributed by atoms with Crippen molar-refractivity contribution in [2.45, 2.75) is 132 Å². The lowest BCUT2D eigenvalue weighted by Gasteiger charge is -2.54. The number of ether oxygens (including phenoxy) is 1. The van der Waals surface area contributed by atoms with Gasteiger partial charge in [-0.15, -0.1) is 0 Å². The highest BCUT2D eigenvalue weighted by molar-refractivity contribution is 7.00. The quantitative estimate of drug-likeness (QED) is 0.169. The highest BCUT2D eigenvalue weighted by Gasteiger charge is 2.57. The highest BCUT2D eigenvalue weighted by Crippen LogP contribution is 2.62. The molecular formula is C45H44BNO. The molecule has 238 valence electrons. The molecule has 9 aliphatic carbocycles. The summed E-state index contributed by atoms with van der Waals surface area (Å²) in [7, 11) is 0. The van der Waals surface area contributed by atoms with E-state index in [0.29, 0.717) is 35.5 Å². The van der Waals surface area contributed by atoms with E-state index in [4.69, 9.17) is 4.74 Å². The molecule has 6 bridgehead atoms. The number of rotatable bonds is 1. The number of fused-ring (bicyclic) bond motifs is 6. The molecule has 0 spiro atoms.